The number of fused-ring (bicyclic) bond motifs is 2. The molecule has 7 heteroatoms. The Kier molecular flexibility index (Phi) is 5.20. The third-order valence-electron chi connectivity index (χ3n) is 5.13. The van der Waals surface area contributed by atoms with E-state index >= 15 is 0 Å². The van der Waals surface area contributed by atoms with Crippen LogP contribution in [0.2, 0.25) is 0 Å². The van der Waals surface area contributed by atoms with Crippen molar-refractivity contribution < 1.29 is 4.79 Å². The number of aromatic amines is 1. The van der Waals surface area contributed by atoms with Crippen LogP contribution < -0.4 is 11.0 Å². The van der Waals surface area contributed by atoms with Gasteiger partial charge in [-0.1, -0.05) is 31.2 Å². The van der Waals surface area contributed by atoms with Gasteiger partial charge in [-0.3, -0.25) is 13.9 Å². The molecule has 0 aliphatic carbocycles. The molecule has 0 aliphatic heterocycles. The number of hydrogen-bond acceptors (Lipinski definition) is 3. The Morgan fingerprint density at radius 2 is 1.72 bits per heavy atom. The van der Waals surface area contributed by atoms with Crippen LogP contribution in [0, 0.1) is 0 Å². The first-order chi connectivity index (χ1) is 14.1. The number of H-pyrrole nitrogens is 1. The number of carbonyl (C=O) groups excluding carboxylic acids is 1. The van der Waals surface area contributed by atoms with Crippen molar-refractivity contribution in [1.82, 2.24) is 24.4 Å². The van der Waals surface area contributed by atoms with Crippen molar-refractivity contribution in [3.05, 3.63) is 64.8 Å². The highest BCUT2D eigenvalue weighted by Crippen LogP contribution is 2.16. The Bertz CT molecular complexity index is 1180. The summed E-state index contributed by atoms with van der Waals surface area (Å²) in [5, 5.41) is 2.97. The number of para-hydroxylation sites is 4. The van der Waals surface area contributed by atoms with Crippen molar-refractivity contribution in [3.8, 4) is 0 Å². The van der Waals surface area contributed by atoms with Crippen molar-refractivity contribution in [2.45, 2.75) is 45.8 Å². The van der Waals surface area contributed by atoms with Gasteiger partial charge in [0.25, 0.3) is 0 Å². The molecule has 0 unspecified atom stereocenters. The molecule has 1 amide bonds. The number of nitrogens with zero attached hydrogens (tertiary/aromatic N) is 3. The van der Waals surface area contributed by atoms with Crippen LogP contribution in [0.1, 0.15) is 38.6 Å². The van der Waals surface area contributed by atoms with Crippen LogP contribution in [0.25, 0.3) is 22.1 Å². The van der Waals surface area contributed by atoms with Gasteiger partial charge in [0.1, 0.15) is 5.82 Å². The number of aryl methyl sites for hydroxylation is 2. The molecule has 150 valence electrons. The number of rotatable bonds is 7. The summed E-state index contributed by atoms with van der Waals surface area (Å²) in [5.74, 6) is 0.605. The van der Waals surface area contributed by atoms with E-state index < -0.39 is 0 Å². The molecule has 29 heavy (non-hydrogen) atoms. The van der Waals surface area contributed by atoms with Gasteiger partial charge in [0, 0.05) is 19.5 Å². The molecule has 2 heterocycles. The lowest BCUT2D eigenvalue weighted by Gasteiger charge is -2.11. The van der Waals surface area contributed by atoms with Crippen molar-refractivity contribution in [1.29, 1.82) is 0 Å². The minimum absolute atomic E-state index is 0.0637. The molecule has 4 rings (SSSR count). The second kappa shape index (κ2) is 7.95. The first-order valence-corrected chi connectivity index (χ1v) is 10.0. The van der Waals surface area contributed by atoms with Crippen LogP contribution in [0.15, 0.2) is 53.3 Å². The molecule has 4 aromatic rings. The first kappa shape index (κ1) is 19.0. The Hall–Kier alpha value is -3.35. The molecule has 2 N–H and O–H groups in total. The van der Waals surface area contributed by atoms with Gasteiger partial charge in [0.15, 0.2) is 0 Å². The van der Waals surface area contributed by atoms with Crippen LogP contribution >= 0.6 is 0 Å². The van der Waals surface area contributed by atoms with Crippen LogP contribution in [0.3, 0.4) is 0 Å². The largest absolute Gasteiger partial charge is 0.346 e. The molecule has 0 radical (unpaired) electrons. The lowest BCUT2D eigenvalue weighted by Crippen LogP contribution is -2.30. The number of aromatic nitrogens is 4. The molecule has 0 aliphatic rings. The quantitative estimate of drug-likeness (QED) is 0.507. The lowest BCUT2D eigenvalue weighted by atomic mass is 10.3. The van der Waals surface area contributed by atoms with Gasteiger partial charge in [0.2, 0.25) is 5.91 Å². The molecule has 7 nitrogen and oxygen atoms in total. The third-order valence-corrected chi connectivity index (χ3v) is 5.13. The summed E-state index contributed by atoms with van der Waals surface area (Å²) in [6, 6.07) is 15.3. The van der Waals surface area contributed by atoms with Crippen molar-refractivity contribution in [2.75, 3.05) is 0 Å². The van der Waals surface area contributed by atoms with Gasteiger partial charge in [-0.2, -0.15) is 0 Å². The van der Waals surface area contributed by atoms with E-state index in [0.717, 1.165) is 34.3 Å². The number of benzene rings is 2. The summed E-state index contributed by atoms with van der Waals surface area (Å²) in [6.45, 7) is 4.96. The van der Waals surface area contributed by atoms with Crippen LogP contribution in [-0.4, -0.2) is 25.0 Å². The van der Waals surface area contributed by atoms with E-state index in [9.17, 15) is 9.59 Å². The maximum absolute atomic E-state index is 12.8. The van der Waals surface area contributed by atoms with Crippen molar-refractivity contribution in [3.63, 3.8) is 0 Å². The maximum atomic E-state index is 12.8. The fraction of sp³-hybridized carbons (Fsp3) is 0.318. The zero-order valence-corrected chi connectivity index (χ0v) is 16.7. The third kappa shape index (κ3) is 3.68. The van der Waals surface area contributed by atoms with Crippen LogP contribution in [0.5, 0.6) is 0 Å². The van der Waals surface area contributed by atoms with E-state index in [1.807, 2.05) is 62.4 Å². The van der Waals surface area contributed by atoms with Crippen LogP contribution in [-0.2, 0) is 17.9 Å². The van der Waals surface area contributed by atoms with E-state index in [4.69, 9.17) is 0 Å². The number of amides is 1. The second-order valence-electron chi connectivity index (χ2n) is 7.25. The van der Waals surface area contributed by atoms with E-state index in [1.54, 1.807) is 9.13 Å². The van der Waals surface area contributed by atoms with Gasteiger partial charge in [0.05, 0.1) is 28.1 Å². The van der Waals surface area contributed by atoms with Crippen molar-refractivity contribution in [2.24, 2.45) is 0 Å². The summed E-state index contributed by atoms with van der Waals surface area (Å²) in [6.07, 6.45) is 1.11. The van der Waals surface area contributed by atoms with Gasteiger partial charge in [-0.05, 0) is 37.6 Å². The summed E-state index contributed by atoms with van der Waals surface area (Å²) < 4.78 is 3.47. The SMILES string of the molecule is CCCn1c(=O)n(CCC(=O)N[C@@H](C)c2nc3ccccc3[nH]2)c2ccccc21. The Morgan fingerprint density at radius 1 is 1.07 bits per heavy atom. The van der Waals surface area contributed by atoms with Crippen LogP contribution in [0.4, 0.5) is 0 Å². The van der Waals surface area contributed by atoms with E-state index in [0.29, 0.717) is 13.1 Å². The smallest absolute Gasteiger partial charge is 0.329 e. The number of carbonyl (C=O) groups is 1. The maximum Gasteiger partial charge on any atom is 0.329 e. The second-order valence-corrected chi connectivity index (χ2v) is 7.25. The first-order valence-electron chi connectivity index (χ1n) is 10.0. The molecule has 2 aromatic heterocycles. The lowest BCUT2D eigenvalue weighted by molar-refractivity contribution is -0.122. The Morgan fingerprint density at radius 3 is 2.41 bits per heavy atom. The van der Waals surface area contributed by atoms with E-state index in [-0.39, 0.29) is 24.1 Å². The molecule has 0 bridgehead atoms. The fourth-order valence-corrected chi connectivity index (χ4v) is 3.70. The number of imidazole rings is 2. The van der Waals surface area contributed by atoms with Gasteiger partial charge < -0.3 is 10.3 Å². The molecule has 0 saturated heterocycles. The summed E-state index contributed by atoms with van der Waals surface area (Å²) in [4.78, 5) is 33.1. The summed E-state index contributed by atoms with van der Waals surface area (Å²) in [5.41, 5.74) is 3.53. The molecule has 2 aromatic carbocycles. The molecular weight excluding hydrogens is 366 g/mol. The zero-order chi connectivity index (χ0) is 20.4. The minimum Gasteiger partial charge on any atom is -0.346 e. The molecule has 0 spiro atoms. The Labute approximate surface area is 168 Å². The molecule has 0 saturated carbocycles. The average molecular weight is 391 g/mol. The summed E-state index contributed by atoms with van der Waals surface area (Å²) >= 11 is 0. The molecule has 1 atom stereocenters. The monoisotopic (exact) mass is 391 g/mol. The van der Waals surface area contributed by atoms with E-state index in [1.165, 1.54) is 0 Å². The molecular formula is C22H25N5O2. The topological polar surface area (TPSA) is 84.7 Å². The Balaban J connectivity index is 1.47. The predicted molar refractivity (Wildman–Crippen MR) is 114 cm³/mol. The fourth-order valence-electron chi connectivity index (χ4n) is 3.70. The minimum atomic E-state index is -0.243. The molecule has 0 fully saturated rings. The van der Waals surface area contributed by atoms with Gasteiger partial charge >= 0.3 is 5.69 Å². The highest BCUT2D eigenvalue weighted by atomic mass is 16.2. The standard InChI is InChI=1S/C22H25N5O2/c1-3-13-26-18-10-6-7-11-19(18)27(22(26)29)14-12-20(28)23-15(2)21-24-16-8-4-5-9-17(16)25-21/h4-11,15H,3,12-14H2,1-2H3,(H,23,28)(H,24,25)/t15-/m0/s1. The zero-order valence-electron chi connectivity index (χ0n) is 16.7. The van der Waals surface area contributed by atoms with Crippen molar-refractivity contribution >= 4 is 28.0 Å². The van der Waals surface area contributed by atoms with Gasteiger partial charge in [-0.25, -0.2) is 9.78 Å². The van der Waals surface area contributed by atoms with E-state index in [2.05, 4.69) is 15.3 Å². The highest BCUT2D eigenvalue weighted by Gasteiger charge is 2.16. The highest BCUT2D eigenvalue weighted by molar-refractivity contribution is 5.79. The number of hydrogen-bond donors (Lipinski definition) is 2. The normalized spacial score (nSPS) is 12.5. The van der Waals surface area contributed by atoms with Gasteiger partial charge in [-0.15, -0.1) is 0 Å². The average Bonchev–Trinajstić information content (AvgIpc) is 3.27. The summed E-state index contributed by atoms with van der Waals surface area (Å²) in [7, 11) is 0. The number of nitrogens with one attached hydrogen (secondary N) is 2. The predicted octanol–water partition coefficient (Wildman–Crippen LogP) is 3.36.